The van der Waals surface area contributed by atoms with E-state index in [0.717, 1.165) is 18.1 Å². The number of methoxy groups -OCH3 is 1. The van der Waals surface area contributed by atoms with Crippen molar-refractivity contribution >= 4 is 22.9 Å². The molecule has 0 spiro atoms. The summed E-state index contributed by atoms with van der Waals surface area (Å²) in [6, 6.07) is -0.285. The van der Waals surface area contributed by atoms with Gasteiger partial charge in [0.1, 0.15) is 6.04 Å². The lowest BCUT2D eigenvalue weighted by molar-refractivity contribution is -0.143. The van der Waals surface area contributed by atoms with Crippen LogP contribution in [-0.2, 0) is 9.53 Å². The summed E-state index contributed by atoms with van der Waals surface area (Å²) in [6.07, 6.45) is 0.762. The number of aliphatic imine (C=N–C) groups is 1. The van der Waals surface area contributed by atoms with E-state index < -0.39 is 0 Å². The van der Waals surface area contributed by atoms with E-state index in [1.807, 2.05) is 0 Å². The van der Waals surface area contributed by atoms with Crippen LogP contribution in [0, 0.1) is 11.8 Å². The zero-order valence-electron chi connectivity index (χ0n) is 11.9. The van der Waals surface area contributed by atoms with Gasteiger partial charge in [-0.15, -0.1) is 0 Å². The second-order valence-electron chi connectivity index (χ2n) is 5.40. The molecule has 2 atom stereocenters. The second-order valence-corrected chi connectivity index (χ2v) is 6.62. The zero-order chi connectivity index (χ0) is 13.7. The van der Waals surface area contributed by atoms with Gasteiger partial charge in [-0.1, -0.05) is 39.5 Å². The molecule has 18 heavy (non-hydrogen) atoms. The van der Waals surface area contributed by atoms with Crippen LogP contribution in [0.1, 0.15) is 34.1 Å². The van der Waals surface area contributed by atoms with E-state index in [4.69, 9.17) is 4.74 Å². The zero-order valence-corrected chi connectivity index (χ0v) is 12.7. The predicted molar refractivity (Wildman–Crippen MR) is 76.9 cm³/mol. The number of rotatable bonds is 5. The monoisotopic (exact) mass is 272 g/mol. The van der Waals surface area contributed by atoms with E-state index >= 15 is 0 Å². The molecule has 104 valence electrons. The lowest BCUT2D eigenvalue weighted by Gasteiger charge is -2.19. The van der Waals surface area contributed by atoms with Gasteiger partial charge in [0, 0.05) is 5.25 Å². The first-order valence-electron chi connectivity index (χ1n) is 6.49. The topological polar surface area (TPSA) is 50.7 Å². The van der Waals surface area contributed by atoms with Crippen LogP contribution in [-0.4, -0.2) is 36.1 Å². The summed E-state index contributed by atoms with van der Waals surface area (Å²) in [7, 11) is 1.43. The Balaban J connectivity index is 2.54. The molecule has 4 nitrogen and oxygen atoms in total. The third-order valence-electron chi connectivity index (χ3n) is 2.91. The highest BCUT2D eigenvalue weighted by molar-refractivity contribution is 8.14. The number of nitrogens with one attached hydrogen (secondary N) is 1. The molecule has 1 N–H and O–H groups in total. The van der Waals surface area contributed by atoms with Crippen molar-refractivity contribution in [2.24, 2.45) is 16.8 Å². The number of amidine groups is 1. The van der Waals surface area contributed by atoms with Crippen molar-refractivity contribution in [3.05, 3.63) is 0 Å². The number of ether oxygens (including phenoxy) is 1. The molecule has 0 aromatic rings. The van der Waals surface area contributed by atoms with Crippen LogP contribution in [0.5, 0.6) is 0 Å². The van der Waals surface area contributed by atoms with Crippen LogP contribution in [0.2, 0.25) is 0 Å². The number of thioether (sulfide) groups is 1. The Morgan fingerprint density at radius 3 is 2.61 bits per heavy atom. The average Bonchev–Trinajstić information content (AvgIpc) is 2.75. The van der Waals surface area contributed by atoms with Gasteiger partial charge >= 0.3 is 5.97 Å². The minimum absolute atomic E-state index is 0.208. The van der Waals surface area contributed by atoms with Crippen LogP contribution in [0.4, 0.5) is 0 Å². The first kappa shape index (κ1) is 15.3. The highest BCUT2D eigenvalue weighted by atomic mass is 32.2. The van der Waals surface area contributed by atoms with Crippen molar-refractivity contribution in [2.45, 2.75) is 45.4 Å². The summed E-state index contributed by atoms with van der Waals surface area (Å²) in [5, 5.41) is 4.62. The average molecular weight is 272 g/mol. The molecule has 0 bridgehead atoms. The summed E-state index contributed by atoms with van der Waals surface area (Å²) in [5.74, 6) is 0.828. The Morgan fingerprint density at radius 2 is 2.17 bits per heavy atom. The molecular formula is C13H24N2O2S. The number of hydrogen-bond acceptors (Lipinski definition) is 5. The standard InChI is InChI=1S/C13H24N2O2S/c1-8(2)6-10(12(16)17-5)15-13-14-7-11(18-13)9(3)4/h8-11H,6-7H2,1-5H3,(H,14,15). The van der Waals surface area contributed by atoms with E-state index in [9.17, 15) is 4.79 Å². The largest absolute Gasteiger partial charge is 0.467 e. The summed E-state index contributed by atoms with van der Waals surface area (Å²) < 4.78 is 4.83. The van der Waals surface area contributed by atoms with Crippen LogP contribution in [0.15, 0.2) is 4.99 Å². The molecule has 1 heterocycles. The number of carbonyl (C=O) groups is 1. The van der Waals surface area contributed by atoms with Gasteiger partial charge in [-0.25, -0.2) is 4.79 Å². The van der Waals surface area contributed by atoms with E-state index in [1.165, 1.54) is 7.11 Å². The first-order chi connectivity index (χ1) is 8.43. The third kappa shape index (κ3) is 4.52. The van der Waals surface area contributed by atoms with Crippen LogP contribution >= 0.6 is 11.8 Å². The molecule has 2 unspecified atom stereocenters. The molecule has 0 fully saturated rings. The Hall–Kier alpha value is -0.710. The SMILES string of the molecule is COC(=O)C(CC(C)C)NC1=NCC(C(C)C)S1. The Kier molecular flexibility index (Phi) is 5.99. The van der Waals surface area contributed by atoms with Crippen molar-refractivity contribution in [2.75, 3.05) is 13.7 Å². The maximum Gasteiger partial charge on any atom is 0.328 e. The molecule has 1 aliphatic heterocycles. The molecule has 1 aliphatic rings. The summed E-state index contributed by atoms with van der Waals surface area (Å²) >= 11 is 1.73. The quantitative estimate of drug-likeness (QED) is 0.780. The molecule has 0 amide bonds. The highest BCUT2D eigenvalue weighted by Gasteiger charge is 2.27. The molecule has 1 rings (SSSR count). The Morgan fingerprint density at radius 1 is 1.50 bits per heavy atom. The van der Waals surface area contributed by atoms with E-state index in [1.54, 1.807) is 11.8 Å². The normalized spacial score (nSPS) is 21.1. The van der Waals surface area contributed by atoms with E-state index in [2.05, 4.69) is 38.0 Å². The van der Waals surface area contributed by atoms with Crippen molar-refractivity contribution in [3.63, 3.8) is 0 Å². The molecular weight excluding hydrogens is 248 g/mol. The van der Waals surface area contributed by atoms with Gasteiger partial charge in [0.05, 0.1) is 13.7 Å². The molecule has 0 aromatic heterocycles. The van der Waals surface area contributed by atoms with Gasteiger partial charge in [0.25, 0.3) is 0 Å². The summed E-state index contributed by atoms with van der Waals surface area (Å²) in [4.78, 5) is 16.2. The fraction of sp³-hybridized carbons (Fsp3) is 0.846. The second kappa shape index (κ2) is 7.02. The first-order valence-corrected chi connectivity index (χ1v) is 7.37. The van der Waals surface area contributed by atoms with Gasteiger partial charge in [-0.05, 0) is 18.3 Å². The fourth-order valence-electron chi connectivity index (χ4n) is 1.79. The minimum atomic E-state index is -0.285. The lowest BCUT2D eigenvalue weighted by atomic mass is 10.0. The van der Waals surface area contributed by atoms with Gasteiger partial charge in [-0.2, -0.15) is 0 Å². The number of esters is 1. The lowest BCUT2D eigenvalue weighted by Crippen LogP contribution is -2.41. The number of hydrogen-bond donors (Lipinski definition) is 1. The molecule has 0 aromatic carbocycles. The van der Waals surface area contributed by atoms with Gasteiger partial charge in [-0.3, -0.25) is 4.99 Å². The fourth-order valence-corrected chi connectivity index (χ4v) is 2.86. The van der Waals surface area contributed by atoms with Crippen LogP contribution in [0.25, 0.3) is 0 Å². The molecule has 0 saturated heterocycles. The third-order valence-corrected chi connectivity index (χ3v) is 4.38. The van der Waals surface area contributed by atoms with Crippen molar-refractivity contribution < 1.29 is 9.53 Å². The van der Waals surface area contributed by atoms with Crippen molar-refractivity contribution in [1.29, 1.82) is 0 Å². The molecule has 5 heteroatoms. The number of carbonyl (C=O) groups excluding carboxylic acids is 1. The summed E-state index contributed by atoms with van der Waals surface area (Å²) in [5.41, 5.74) is 0. The van der Waals surface area contributed by atoms with Crippen molar-refractivity contribution in [1.82, 2.24) is 5.32 Å². The number of nitrogens with zero attached hydrogens (tertiary/aromatic N) is 1. The van der Waals surface area contributed by atoms with Gasteiger partial charge in [0.15, 0.2) is 5.17 Å². The highest BCUT2D eigenvalue weighted by Crippen LogP contribution is 2.26. The Labute approximate surface area is 114 Å². The molecule has 0 radical (unpaired) electrons. The van der Waals surface area contributed by atoms with Crippen LogP contribution in [0.3, 0.4) is 0 Å². The summed E-state index contributed by atoms with van der Waals surface area (Å²) in [6.45, 7) is 9.42. The van der Waals surface area contributed by atoms with Gasteiger partial charge < -0.3 is 10.1 Å². The molecule has 0 aliphatic carbocycles. The maximum atomic E-state index is 11.7. The van der Waals surface area contributed by atoms with Gasteiger partial charge in [0.2, 0.25) is 0 Å². The Bertz CT molecular complexity index is 316. The van der Waals surface area contributed by atoms with E-state index in [0.29, 0.717) is 17.1 Å². The van der Waals surface area contributed by atoms with Crippen LogP contribution < -0.4 is 5.32 Å². The van der Waals surface area contributed by atoms with Crippen molar-refractivity contribution in [3.8, 4) is 0 Å². The van der Waals surface area contributed by atoms with E-state index in [-0.39, 0.29) is 12.0 Å². The minimum Gasteiger partial charge on any atom is -0.467 e. The smallest absolute Gasteiger partial charge is 0.328 e. The molecule has 0 saturated carbocycles. The maximum absolute atomic E-state index is 11.7. The predicted octanol–water partition coefficient (Wildman–Crippen LogP) is 2.29.